The zero-order valence-electron chi connectivity index (χ0n) is 16.0. The molecule has 1 aliphatic rings. The van der Waals surface area contributed by atoms with Gasteiger partial charge in [-0.25, -0.2) is 0 Å². The van der Waals surface area contributed by atoms with Crippen LogP contribution in [0.1, 0.15) is 17.7 Å². The lowest BCUT2D eigenvalue weighted by Crippen LogP contribution is -2.38. The van der Waals surface area contributed by atoms with Crippen molar-refractivity contribution in [2.75, 3.05) is 0 Å². The Morgan fingerprint density at radius 3 is 2.21 bits per heavy atom. The van der Waals surface area contributed by atoms with E-state index in [1.54, 1.807) is 15.6 Å². The van der Waals surface area contributed by atoms with Gasteiger partial charge in [0.05, 0.1) is 16.1 Å². The zero-order chi connectivity index (χ0) is 17.5. The van der Waals surface area contributed by atoms with E-state index in [9.17, 15) is 0 Å². The lowest BCUT2D eigenvalue weighted by molar-refractivity contribution is 0.824. The third-order valence-electron chi connectivity index (χ3n) is 4.81. The molecule has 0 aliphatic heterocycles. The van der Waals surface area contributed by atoms with Crippen molar-refractivity contribution in [3.63, 3.8) is 0 Å². The Hall–Kier alpha value is -0.906. The highest BCUT2D eigenvalue weighted by Gasteiger charge is 2.36. The third kappa shape index (κ3) is 3.68. The van der Waals surface area contributed by atoms with Crippen molar-refractivity contribution in [1.29, 1.82) is 0 Å². The minimum atomic E-state index is -1.22. The number of fused-ring (bicyclic) bond motifs is 1. The Morgan fingerprint density at radius 2 is 1.58 bits per heavy atom. The molecular weight excluding hydrogens is 340 g/mol. The van der Waals surface area contributed by atoms with Crippen LogP contribution in [0.2, 0.25) is 39.3 Å². The molecular formula is C21H30SSi2. The van der Waals surface area contributed by atoms with Gasteiger partial charge in [0.2, 0.25) is 0 Å². The van der Waals surface area contributed by atoms with E-state index >= 15 is 0 Å². The van der Waals surface area contributed by atoms with Crippen molar-refractivity contribution in [2.24, 2.45) is 0 Å². The molecule has 0 spiro atoms. The second kappa shape index (κ2) is 6.43. The summed E-state index contributed by atoms with van der Waals surface area (Å²) in [4.78, 5) is 1.54. The molecule has 0 unspecified atom stereocenters. The van der Waals surface area contributed by atoms with Gasteiger partial charge in [-0.2, -0.15) is 0 Å². The topological polar surface area (TPSA) is 0 Å². The fourth-order valence-electron chi connectivity index (χ4n) is 3.70. The molecule has 128 valence electrons. The summed E-state index contributed by atoms with van der Waals surface area (Å²) in [5.74, 6) is 0. The van der Waals surface area contributed by atoms with E-state index in [0.29, 0.717) is 0 Å². The van der Waals surface area contributed by atoms with Crippen molar-refractivity contribution in [3.05, 3.63) is 57.3 Å². The first-order valence-electron chi connectivity index (χ1n) is 9.10. The largest absolute Gasteiger partial charge is 0.140 e. The molecule has 1 aromatic carbocycles. The van der Waals surface area contributed by atoms with E-state index in [-0.39, 0.29) is 0 Å². The van der Waals surface area contributed by atoms with Gasteiger partial charge in [-0.1, -0.05) is 73.9 Å². The van der Waals surface area contributed by atoms with Crippen molar-refractivity contribution < 1.29 is 0 Å². The Balaban J connectivity index is 1.65. The van der Waals surface area contributed by atoms with Crippen LogP contribution in [0.25, 0.3) is 10.1 Å². The SMILES string of the molecule is C[Si](C)(C)C1=C([Si](C)(C)C)C(CCCc2cc3ccccc3s2)=C1. The molecule has 0 nitrogen and oxygen atoms in total. The van der Waals surface area contributed by atoms with Gasteiger partial charge in [-0.15, -0.1) is 11.3 Å². The normalized spacial score (nSPS) is 15.7. The number of aryl methyl sites for hydroxylation is 1. The molecule has 0 fully saturated rings. The van der Waals surface area contributed by atoms with E-state index in [2.05, 4.69) is 75.7 Å². The van der Waals surface area contributed by atoms with Crippen LogP contribution in [-0.4, -0.2) is 16.1 Å². The maximum atomic E-state index is 2.56. The molecule has 0 atom stereocenters. The van der Waals surface area contributed by atoms with Gasteiger partial charge in [-0.3, -0.25) is 0 Å². The molecule has 0 saturated heterocycles. The summed E-state index contributed by atoms with van der Waals surface area (Å²) in [5, 5.41) is 4.99. The zero-order valence-corrected chi connectivity index (χ0v) is 18.8. The highest BCUT2D eigenvalue weighted by Crippen LogP contribution is 2.42. The summed E-state index contributed by atoms with van der Waals surface area (Å²) >= 11 is 1.97. The second-order valence-corrected chi connectivity index (χ2v) is 20.3. The highest BCUT2D eigenvalue weighted by molar-refractivity contribution is 7.19. The number of hydrogen-bond donors (Lipinski definition) is 0. The van der Waals surface area contributed by atoms with Gasteiger partial charge in [0.1, 0.15) is 0 Å². The summed E-state index contributed by atoms with van der Waals surface area (Å²) in [6.45, 7) is 15.0. The number of hydrogen-bond acceptors (Lipinski definition) is 1. The molecule has 0 bridgehead atoms. The molecule has 1 heterocycles. The number of rotatable bonds is 6. The highest BCUT2D eigenvalue weighted by atomic mass is 32.1. The van der Waals surface area contributed by atoms with Crippen molar-refractivity contribution >= 4 is 37.6 Å². The molecule has 24 heavy (non-hydrogen) atoms. The summed E-state index contributed by atoms with van der Waals surface area (Å²) < 4.78 is 1.43. The van der Waals surface area contributed by atoms with Crippen LogP contribution >= 0.6 is 11.3 Å². The second-order valence-electron chi connectivity index (χ2n) is 9.06. The Morgan fingerprint density at radius 1 is 0.875 bits per heavy atom. The van der Waals surface area contributed by atoms with Crippen LogP contribution < -0.4 is 0 Å². The fraction of sp³-hybridized carbons (Fsp3) is 0.429. The summed E-state index contributed by atoms with van der Waals surface area (Å²) in [6.07, 6.45) is 6.33. The fourth-order valence-corrected chi connectivity index (χ4v) is 10.6. The first-order chi connectivity index (χ1) is 11.2. The molecule has 2 aromatic rings. The van der Waals surface area contributed by atoms with Gasteiger partial charge in [-0.05, 0) is 42.4 Å². The molecule has 0 radical (unpaired) electrons. The lowest BCUT2D eigenvalue weighted by Gasteiger charge is -2.38. The summed E-state index contributed by atoms with van der Waals surface area (Å²) in [6, 6.07) is 11.1. The minimum absolute atomic E-state index is 1.17. The average Bonchev–Trinajstić information content (AvgIpc) is 2.80. The summed E-state index contributed by atoms with van der Waals surface area (Å²) in [7, 11) is -2.39. The molecule has 1 aliphatic carbocycles. The Bertz CT molecular complexity index is 777. The van der Waals surface area contributed by atoms with Crippen LogP contribution in [0, 0.1) is 0 Å². The van der Waals surface area contributed by atoms with Crippen LogP contribution in [0.4, 0.5) is 0 Å². The van der Waals surface area contributed by atoms with Crippen LogP contribution in [0.5, 0.6) is 0 Å². The van der Waals surface area contributed by atoms with Gasteiger partial charge in [0.25, 0.3) is 0 Å². The minimum Gasteiger partial charge on any atom is -0.140 e. The number of benzene rings is 1. The van der Waals surface area contributed by atoms with Crippen LogP contribution in [0.3, 0.4) is 0 Å². The van der Waals surface area contributed by atoms with Crippen molar-refractivity contribution in [3.8, 4) is 0 Å². The molecule has 3 heteroatoms. The third-order valence-corrected chi connectivity index (χ3v) is 10.3. The van der Waals surface area contributed by atoms with Crippen molar-refractivity contribution in [1.82, 2.24) is 0 Å². The van der Waals surface area contributed by atoms with Gasteiger partial charge in [0.15, 0.2) is 0 Å². The quantitative estimate of drug-likeness (QED) is 0.471. The average molecular weight is 371 g/mol. The van der Waals surface area contributed by atoms with E-state index in [4.69, 9.17) is 0 Å². The number of thiophene rings is 1. The Kier molecular flexibility index (Phi) is 4.80. The van der Waals surface area contributed by atoms with Gasteiger partial charge in [0, 0.05) is 9.58 Å². The molecule has 0 N–H and O–H groups in total. The molecule has 0 amide bonds. The van der Waals surface area contributed by atoms with E-state index in [1.165, 1.54) is 29.3 Å². The van der Waals surface area contributed by atoms with Crippen LogP contribution in [-0.2, 0) is 6.42 Å². The first kappa shape index (κ1) is 17.9. The van der Waals surface area contributed by atoms with E-state index in [0.717, 1.165) is 0 Å². The first-order valence-corrected chi connectivity index (χ1v) is 16.9. The van der Waals surface area contributed by atoms with Crippen LogP contribution in [0.15, 0.2) is 52.4 Å². The smallest absolute Gasteiger partial charge is 0.0778 e. The standard InChI is InChI=1S/C21H30SSi2/c1-23(2,3)20-15-17(21(20)24(4,5)6)11-9-12-18-14-16-10-7-8-13-19(16)22-18/h7-8,10,13-15H,9,11-12H2,1-6H3. The molecule has 0 saturated carbocycles. The molecule has 3 rings (SSSR count). The lowest BCUT2D eigenvalue weighted by atomic mass is 10.0. The number of allylic oxidation sites excluding steroid dienone is 4. The maximum Gasteiger partial charge on any atom is 0.0778 e. The predicted octanol–water partition coefficient (Wildman–Crippen LogP) is 7.22. The predicted molar refractivity (Wildman–Crippen MR) is 117 cm³/mol. The summed E-state index contributed by atoms with van der Waals surface area (Å²) in [5.41, 5.74) is 1.69. The monoisotopic (exact) mass is 370 g/mol. The molecule has 1 aromatic heterocycles. The van der Waals surface area contributed by atoms with E-state index in [1.807, 2.05) is 16.5 Å². The maximum absolute atomic E-state index is 2.56. The van der Waals surface area contributed by atoms with Crippen molar-refractivity contribution in [2.45, 2.75) is 58.5 Å². The van der Waals surface area contributed by atoms with Gasteiger partial charge < -0.3 is 0 Å². The van der Waals surface area contributed by atoms with Gasteiger partial charge >= 0.3 is 0 Å². The Labute approximate surface area is 153 Å². The van der Waals surface area contributed by atoms with E-state index < -0.39 is 16.1 Å².